The van der Waals surface area contributed by atoms with Crippen LogP contribution in [0.1, 0.15) is 20.8 Å². The number of nitrogens with zero attached hydrogens (tertiary/aromatic N) is 2. The molecule has 0 aromatic rings. The fraction of sp³-hybridized carbons (Fsp3) is 0.667. The second kappa shape index (κ2) is 2.68. The van der Waals surface area contributed by atoms with Gasteiger partial charge in [0.2, 0.25) is 0 Å². The third-order valence-electron chi connectivity index (χ3n) is 2.41. The molecule has 0 fully saturated rings. The molecule has 0 radical (unpaired) electrons. The second-order valence-electron chi connectivity index (χ2n) is 3.65. The largest absolute Gasteiger partial charge is 0.276 e. The van der Waals surface area contributed by atoms with Gasteiger partial charge in [0.05, 0.1) is 0 Å². The molecule has 2 heteroatoms. The van der Waals surface area contributed by atoms with Gasteiger partial charge in [-0.25, -0.2) is 0 Å². The molecule has 1 heterocycles. The van der Waals surface area contributed by atoms with Gasteiger partial charge >= 0.3 is 0 Å². The maximum Gasteiger partial charge on any atom is 0.0349 e. The van der Waals surface area contributed by atoms with Crippen molar-refractivity contribution in [2.75, 3.05) is 7.05 Å². The minimum atomic E-state index is 0.145. The van der Waals surface area contributed by atoms with Gasteiger partial charge < -0.3 is 0 Å². The molecule has 1 unspecified atom stereocenters. The minimum absolute atomic E-state index is 0.145. The Balaban J connectivity index is 2.77. The average molecular weight is 152 g/mol. The summed E-state index contributed by atoms with van der Waals surface area (Å²) in [7, 11) is 1.94. The van der Waals surface area contributed by atoms with E-state index in [9.17, 15) is 0 Å². The van der Waals surface area contributed by atoms with Crippen molar-refractivity contribution in [3.05, 3.63) is 12.3 Å². The van der Waals surface area contributed by atoms with Gasteiger partial charge in [-0.2, -0.15) is 5.10 Å². The predicted octanol–water partition coefficient (Wildman–Crippen LogP) is 2.09. The van der Waals surface area contributed by atoms with E-state index in [4.69, 9.17) is 0 Å². The van der Waals surface area contributed by atoms with E-state index in [0.29, 0.717) is 5.92 Å². The van der Waals surface area contributed by atoms with Crippen molar-refractivity contribution in [2.24, 2.45) is 16.4 Å². The Morgan fingerprint density at radius 2 is 2.09 bits per heavy atom. The van der Waals surface area contributed by atoms with Crippen LogP contribution < -0.4 is 0 Å². The Morgan fingerprint density at radius 1 is 1.45 bits per heavy atom. The molecular formula is C9H16N2. The molecule has 62 valence electrons. The highest BCUT2D eigenvalue weighted by Gasteiger charge is 2.25. The van der Waals surface area contributed by atoms with E-state index in [0.717, 1.165) is 0 Å². The quantitative estimate of drug-likeness (QED) is 0.561. The zero-order valence-electron chi connectivity index (χ0n) is 7.70. The monoisotopic (exact) mass is 152 g/mol. The fourth-order valence-electron chi connectivity index (χ4n) is 0.907. The smallest absolute Gasteiger partial charge is 0.0349 e. The molecule has 0 spiro atoms. The standard InChI is InChI=1S/C9H16N2/c1-8(2)9(3)5-6-11(4)10-7-9/h5-8H,1-4H3. The lowest BCUT2D eigenvalue weighted by molar-refractivity contribution is 0.378. The predicted molar refractivity (Wildman–Crippen MR) is 48.3 cm³/mol. The Morgan fingerprint density at radius 3 is 2.45 bits per heavy atom. The number of allylic oxidation sites excluding steroid dienone is 1. The molecule has 0 amide bonds. The fourth-order valence-corrected chi connectivity index (χ4v) is 0.907. The lowest BCUT2D eigenvalue weighted by Crippen LogP contribution is -2.27. The molecule has 1 atom stereocenters. The van der Waals surface area contributed by atoms with Gasteiger partial charge in [-0.3, -0.25) is 5.01 Å². The van der Waals surface area contributed by atoms with Crippen molar-refractivity contribution in [3.63, 3.8) is 0 Å². The van der Waals surface area contributed by atoms with Crippen LogP contribution in [0, 0.1) is 11.3 Å². The number of rotatable bonds is 1. The summed E-state index contributed by atoms with van der Waals surface area (Å²) in [6.45, 7) is 6.62. The summed E-state index contributed by atoms with van der Waals surface area (Å²) in [5.41, 5.74) is 0.145. The van der Waals surface area contributed by atoms with Crippen molar-refractivity contribution in [3.8, 4) is 0 Å². The molecular weight excluding hydrogens is 136 g/mol. The summed E-state index contributed by atoms with van der Waals surface area (Å²) in [4.78, 5) is 0. The summed E-state index contributed by atoms with van der Waals surface area (Å²) in [5.74, 6) is 0.608. The van der Waals surface area contributed by atoms with Crippen LogP contribution in [0.15, 0.2) is 17.4 Å². The van der Waals surface area contributed by atoms with Crippen LogP contribution in [0.2, 0.25) is 0 Å². The first-order valence-corrected chi connectivity index (χ1v) is 4.02. The van der Waals surface area contributed by atoms with Crippen LogP contribution in [0.5, 0.6) is 0 Å². The van der Waals surface area contributed by atoms with Crippen molar-refractivity contribution in [1.82, 2.24) is 5.01 Å². The molecule has 0 aromatic heterocycles. The van der Waals surface area contributed by atoms with Crippen molar-refractivity contribution in [2.45, 2.75) is 20.8 Å². The maximum atomic E-state index is 4.23. The molecule has 11 heavy (non-hydrogen) atoms. The van der Waals surface area contributed by atoms with Crippen LogP contribution in [-0.2, 0) is 0 Å². The first-order chi connectivity index (χ1) is 5.04. The van der Waals surface area contributed by atoms with Crippen LogP contribution in [0.25, 0.3) is 0 Å². The molecule has 0 aliphatic carbocycles. The first kappa shape index (κ1) is 8.31. The molecule has 0 saturated carbocycles. The van der Waals surface area contributed by atoms with E-state index in [1.807, 2.05) is 24.5 Å². The molecule has 0 N–H and O–H groups in total. The van der Waals surface area contributed by atoms with E-state index >= 15 is 0 Å². The van der Waals surface area contributed by atoms with Gasteiger partial charge in [-0.15, -0.1) is 0 Å². The van der Waals surface area contributed by atoms with Gasteiger partial charge in [0.15, 0.2) is 0 Å². The van der Waals surface area contributed by atoms with E-state index in [1.165, 1.54) is 0 Å². The van der Waals surface area contributed by atoms with Gasteiger partial charge in [-0.1, -0.05) is 26.8 Å². The molecule has 2 nitrogen and oxygen atoms in total. The number of hydrazone groups is 1. The van der Waals surface area contributed by atoms with Crippen molar-refractivity contribution < 1.29 is 0 Å². The first-order valence-electron chi connectivity index (χ1n) is 4.02. The average Bonchev–Trinajstić information content (AvgIpc) is 1.95. The van der Waals surface area contributed by atoms with Crippen molar-refractivity contribution in [1.29, 1.82) is 0 Å². The van der Waals surface area contributed by atoms with E-state index in [-0.39, 0.29) is 5.41 Å². The van der Waals surface area contributed by atoms with Crippen LogP contribution in [0.4, 0.5) is 0 Å². The highest BCUT2D eigenvalue weighted by molar-refractivity contribution is 5.69. The van der Waals surface area contributed by atoms with Gasteiger partial charge in [0, 0.05) is 24.9 Å². The lowest BCUT2D eigenvalue weighted by atomic mass is 9.80. The Bertz CT molecular complexity index is 178. The summed E-state index contributed by atoms with van der Waals surface area (Å²) >= 11 is 0. The van der Waals surface area contributed by atoms with Crippen LogP contribution in [0.3, 0.4) is 0 Å². The summed E-state index contributed by atoms with van der Waals surface area (Å²) in [6.07, 6.45) is 6.22. The zero-order chi connectivity index (χ0) is 8.48. The highest BCUT2D eigenvalue weighted by Crippen LogP contribution is 2.28. The third-order valence-corrected chi connectivity index (χ3v) is 2.41. The normalized spacial score (nSPS) is 30.1. The molecule has 0 aromatic carbocycles. The summed E-state index contributed by atoms with van der Waals surface area (Å²) in [5, 5.41) is 6.05. The molecule has 1 aliphatic rings. The van der Waals surface area contributed by atoms with Gasteiger partial charge in [-0.05, 0) is 5.92 Å². The second-order valence-corrected chi connectivity index (χ2v) is 3.65. The van der Waals surface area contributed by atoms with E-state index < -0.39 is 0 Å². The Labute approximate surface area is 68.6 Å². The third kappa shape index (κ3) is 1.62. The maximum absolute atomic E-state index is 4.23. The Hall–Kier alpha value is -0.790. The molecule has 1 aliphatic heterocycles. The van der Waals surface area contributed by atoms with E-state index in [1.54, 1.807) is 0 Å². The summed E-state index contributed by atoms with van der Waals surface area (Å²) < 4.78 is 0. The number of hydrogen-bond acceptors (Lipinski definition) is 2. The molecule has 0 saturated heterocycles. The lowest BCUT2D eigenvalue weighted by Gasteiger charge is -2.29. The minimum Gasteiger partial charge on any atom is -0.276 e. The molecule has 0 bridgehead atoms. The summed E-state index contributed by atoms with van der Waals surface area (Å²) in [6, 6.07) is 0. The van der Waals surface area contributed by atoms with Crippen LogP contribution in [-0.4, -0.2) is 18.3 Å². The number of hydrogen-bond donors (Lipinski definition) is 0. The molecule has 1 rings (SSSR count). The van der Waals surface area contributed by atoms with Gasteiger partial charge in [0.25, 0.3) is 0 Å². The topological polar surface area (TPSA) is 15.6 Å². The highest BCUT2D eigenvalue weighted by atomic mass is 15.4. The Kier molecular flexibility index (Phi) is 2.03. The van der Waals surface area contributed by atoms with Crippen molar-refractivity contribution >= 4 is 6.21 Å². The SMILES string of the molecule is CC(C)C1(C)C=CN(C)N=C1. The zero-order valence-corrected chi connectivity index (χ0v) is 7.70. The van der Waals surface area contributed by atoms with E-state index in [2.05, 4.69) is 31.9 Å². The van der Waals surface area contributed by atoms with Gasteiger partial charge in [0.1, 0.15) is 0 Å². The van der Waals surface area contributed by atoms with Crippen LogP contribution >= 0.6 is 0 Å².